The van der Waals surface area contributed by atoms with E-state index in [9.17, 15) is 4.79 Å². The van der Waals surface area contributed by atoms with Gasteiger partial charge in [0.1, 0.15) is 11.3 Å². The number of methoxy groups -OCH3 is 1. The number of hydrogen-bond acceptors (Lipinski definition) is 4. The molecule has 21 heavy (non-hydrogen) atoms. The van der Waals surface area contributed by atoms with E-state index < -0.39 is 5.60 Å². The van der Waals surface area contributed by atoms with Crippen molar-refractivity contribution in [2.45, 2.75) is 52.1 Å². The van der Waals surface area contributed by atoms with Crippen LogP contribution < -0.4 is 4.74 Å². The number of rotatable bonds is 5. The minimum Gasteiger partial charge on any atom is -0.493 e. The maximum atomic E-state index is 13.1. The number of nitrogens with zero attached hydrogens (tertiary/aromatic N) is 2. The predicted molar refractivity (Wildman–Crippen MR) is 80.7 cm³/mol. The van der Waals surface area contributed by atoms with E-state index in [1.807, 2.05) is 6.92 Å². The van der Waals surface area contributed by atoms with Gasteiger partial charge in [-0.05, 0) is 38.0 Å². The maximum Gasteiger partial charge on any atom is 0.216 e. The molecule has 1 aliphatic carbocycles. The van der Waals surface area contributed by atoms with Crippen molar-refractivity contribution >= 4 is 5.78 Å². The molecule has 1 aliphatic rings. The Kier molecular flexibility index (Phi) is 4.42. The van der Waals surface area contributed by atoms with Crippen molar-refractivity contribution in [2.24, 2.45) is 12.5 Å². The lowest BCUT2D eigenvalue weighted by molar-refractivity contribution is -0.0586. The number of Topliss-reactive ketones (excluding diaryl/α,β-unsaturated/α-hetero) is 1. The van der Waals surface area contributed by atoms with Crippen LogP contribution in [0.25, 0.3) is 0 Å². The monoisotopic (exact) mass is 294 g/mol. The van der Waals surface area contributed by atoms with Gasteiger partial charge in [0.15, 0.2) is 5.75 Å². The summed E-state index contributed by atoms with van der Waals surface area (Å²) in [6.07, 6.45) is 5.06. The lowest BCUT2D eigenvalue weighted by Gasteiger charge is -2.42. The van der Waals surface area contributed by atoms with Crippen LogP contribution in [0.1, 0.15) is 56.9 Å². The molecule has 0 unspecified atom stereocenters. The molecule has 0 aromatic carbocycles. The fourth-order valence-corrected chi connectivity index (χ4v) is 3.09. The minimum absolute atomic E-state index is 0.00306. The normalized spacial score (nSPS) is 20.2. The first-order valence-corrected chi connectivity index (χ1v) is 7.60. The van der Waals surface area contributed by atoms with Crippen LogP contribution in [-0.4, -0.2) is 34.9 Å². The largest absolute Gasteiger partial charge is 0.493 e. The molecule has 5 nitrogen and oxygen atoms in total. The summed E-state index contributed by atoms with van der Waals surface area (Å²) in [5.41, 5.74) is 0.0497. The molecule has 0 amide bonds. The number of hydrogen-bond donors (Lipinski definition) is 0. The average molecular weight is 294 g/mol. The quantitative estimate of drug-likeness (QED) is 0.783. The van der Waals surface area contributed by atoms with Crippen LogP contribution in [-0.2, 0) is 11.8 Å². The van der Waals surface area contributed by atoms with Crippen molar-refractivity contribution in [3.8, 4) is 5.75 Å². The van der Waals surface area contributed by atoms with E-state index in [1.54, 1.807) is 25.0 Å². The smallest absolute Gasteiger partial charge is 0.216 e. The van der Waals surface area contributed by atoms with Gasteiger partial charge in [-0.2, -0.15) is 5.10 Å². The Bertz CT molecular complexity index is 510. The third kappa shape index (κ3) is 2.98. The van der Waals surface area contributed by atoms with E-state index in [2.05, 4.69) is 18.9 Å². The zero-order chi connectivity index (χ0) is 15.7. The average Bonchev–Trinajstić information content (AvgIpc) is 2.82. The summed E-state index contributed by atoms with van der Waals surface area (Å²) in [5.74, 6) is 0.517. The molecule has 0 spiro atoms. The van der Waals surface area contributed by atoms with Gasteiger partial charge in [-0.25, -0.2) is 0 Å². The van der Waals surface area contributed by atoms with Gasteiger partial charge in [0.2, 0.25) is 5.78 Å². The first kappa shape index (κ1) is 16.0. The van der Waals surface area contributed by atoms with Gasteiger partial charge < -0.3 is 9.47 Å². The highest BCUT2D eigenvalue weighted by Gasteiger charge is 2.46. The molecule has 1 fully saturated rings. The van der Waals surface area contributed by atoms with Crippen LogP contribution in [0, 0.1) is 5.41 Å². The fraction of sp³-hybridized carbons (Fsp3) is 0.750. The van der Waals surface area contributed by atoms with Crippen molar-refractivity contribution in [3.63, 3.8) is 0 Å². The topological polar surface area (TPSA) is 53.4 Å². The molecular formula is C16H26N2O3. The predicted octanol–water partition coefficient (Wildman–Crippen LogP) is 2.99. The van der Waals surface area contributed by atoms with Crippen LogP contribution in [0.4, 0.5) is 0 Å². The minimum atomic E-state index is -0.731. The van der Waals surface area contributed by atoms with E-state index in [4.69, 9.17) is 9.47 Å². The number of aromatic nitrogens is 2. The van der Waals surface area contributed by atoms with Gasteiger partial charge >= 0.3 is 0 Å². The van der Waals surface area contributed by atoms with E-state index >= 15 is 0 Å². The fourth-order valence-electron chi connectivity index (χ4n) is 3.09. The van der Waals surface area contributed by atoms with E-state index in [1.165, 1.54) is 0 Å². The summed E-state index contributed by atoms with van der Waals surface area (Å²) in [6, 6.07) is 0. The van der Waals surface area contributed by atoms with Crippen LogP contribution in [0.15, 0.2) is 6.20 Å². The van der Waals surface area contributed by atoms with E-state index in [0.717, 1.165) is 25.7 Å². The van der Waals surface area contributed by atoms with E-state index in [0.29, 0.717) is 18.1 Å². The molecule has 2 rings (SSSR count). The van der Waals surface area contributed by atoms with Crippen molar-refractivity contribution in [1.82, 2.24) is 9.78 Å². The summed E-state index contributed by atoms with van der Waals surface area (Å²) in [7, 11) is 3.33. The Labute approximate surface area is 126 Å². The summed E-state index contributed by atoms with van der Waals surface area (Å²) in [6.45, 7) is 6.97. The van der Waals surface area contributed by atoms with Gasteiger partial charge in [0.05, 0.1) is 13.3 Å². The molecule has 5 heteroatoms. The van der Waals surface area contributed by atoms with Gasteiger partial charge in [-0.3, -0.25) is 9.48 Å². The highest BCUT2D eigenvalue weighted by atomic mass is 16.5. The van der Waals surface area contributed by atoms with Gasteiger partial charge in [0, 0.05) is 13.7 Å². The lowest BCUT2D eigenvalue weighted by Crippen LogP contribution is -2.47. The molecule has 0 N–H and O–H groups in total. The van der Waals surface area contributed by atoms with Crippen molar-refractivity contribution in [2.75, 3.05) is 13.7 Å². The maximum absolute atomic E-state index is 13.1. The standard InChI is InChI=1S/C16H26N2O3/c1-6-21-16(9-7-15(2,3)8-10-16)14(19)13-12(20-5)11-17-18(13)4/h11H,6-10H2,1-5H3. The SMILES string of the molecule is CCOC1(C(=O)c2c(OC)cnn2C)CCC(C)(C)CC1. The second-order valence-corrected chi connectivity index (χ2v) is 6.61. The van der Waals surface area contributed by atoms with Gasteiger partial charge in [0.25, 0.3) is 0 Å². The third-order valence-corrected chi connectivity index (χ3v) is 4.59. The molecule has 0 saturated heterocycles. The molecule has 1 aromatic rings. The zero-order valence-electron chi connectivity index (χ0n) is 13.7. The van der Waals surface area contributed by atoms with E-state index in [-0.39, 0.29) is 11.2 Å². The summed E-state index contributed by atoms with van der Waals surface area (Å²) >= 11 is 0. The lowest BCUT2D eigenvalue weighted by atomic mass is 9.69. The molecule has 0 aliphatic heterocycles. The third-order valence-electron chi connectivity index (χ3n) is 4.59. The molecule has 1 saturated carbocycles. The Morgan fingerprint density at radius 3 is 2.48 bits per heavy atom. The van der Waals surface area contributed by atoms with Crippen LogP contribution in [0.3, 0.4) is 0 Å². The second-order valence-electron chi connectivity index (χ2n) is 6.61. The summed E-state index contributed by atoms with van der Waals surface area (Å²) < 4.78 is 12.8. The van der Waals surface area contributed by atoms with Crippen LogP contribution in [0.2, 0.25) is 0 Å². The second kappa shape index (κ2) is 5.79. The summed E-state index contributed by atoms with van der Waals surface area (Å²) in [4.78, 5) is 13.1. The molecular weight excluding hydrogens is 268 g/mol. The molecule has 1 aromatic heterocycles. The molecule has 0 atom stereocenters. The van der Waals surface area contributed by atoms with Crippen LogP contribution in [0.5, 0.6) is 5.75 Å². The summed E-state index contributed by atoms with van der Waals surface area (Å²) in [5, 5.41) is 4.14. The van der Waals surface area contributed by atoms with Crippen LogP contribution >= 0.6 is 0 Å². The molecule has 0 bridgehead atoms. The number of ketones is 1. The number of carbonyl (C=O) groups excluding carboxylic acids is 1. The number of ether oxygens (including phenoxy) is 2. The van der Waals surface area contributed by atoms with Crippen molar-refractivity contribution < 1.29 is 14.3 Å². The molecule has 0 radical (unpaired) electrons. The zero-order valence-corrected chi connectivity index (χ0v) is 13.7. The Hall–Kier alpha value is -1.36. The van der Waals surface area contributed by atoms with Gasteiger partial charge in [-0.15, -0.1) is 0 Å². The van der Waals surface area contributed by atoms with Gasteiger partial charge in [-0.1, -0.05) is 13.8 Å². The number of aryl methyl sites for hydroxylation is 1. The Morgan fingerprint density at radius 2 is 1.95 bits per heavy atom. The highest BCUT2D eigenvalue weighted by molar-refractivity contribution is 6.03. The van der Waals surface area contributed by atoms with Crippen molar-refractivity contribution in [3.05, 3.63) is 11.9 Å². The number of carbonyl (C=O) groups is 1. The first-order chi connectivity index (χ1) is 9.85. The molecule has 118 valence electrons. The Balaban J connectivity index is 2.34. The first-order valence-electron chi connectivity index (χ1n) is 7.60. The van der Waals surface area contributed by atoms with Crippen molar-refractivity contribution in [1.29, 1.82) is 0 Å². The Morgan fingerprint density at radius 1 is 1.33 bits per heavy atom. The highest BCUT2D eigenvalue weighted by Crippen LogP contribution is 2.44. The molecule has 1 heterocycles.